The van der Waals surface area contributed by atoms with Crippen LogP contribution in [0.1, 0.15) is 173 Å². The molecule has 6 fully saturated rings. The van der Waals surface area contributed by atoms with Gasteiger partial charge in [0.1, 0.15) is 5.78 Å². The second-order valence-electron chi connectivity index (χ2n) is 20.6. The van der Waals surface area contributed by atoms with Gasteiger partial charge in [0.05, 0.1) is 17.3 Å². The van der Waals surface area contributed by atoms with Crippen LogP contribution in [0.5, 0.6) is 0 Å². The van der Waals surface area contributed by atoms with Crippen LogP contribution < -0.4 is 0 Å². The molecule has 4 heteroatoms. The zero-order valence-electron chi connectivity index (χ0n) is 31.9. The lowest BCUT2D eigenvalue weighted by Gasteiger charge is -2.58. The number of aliphatic hydroxyl groups is 3. The van der Waals surface area contributed by atoms with Crippen molar-refractivity contribution in [3.05, 3.63) is 23.3 Å². The molecule has 8 aliphatic rings. The van der Waals surface area contributed by atoms with Crippen LogP contribution in [-0.2, 0) is 4.79 Å². The summed E-state index contributed by atoms with van der Waals surface area (Å²) in [5.41, 5.74) is 3.63. The summed E-state index contributed by atoms with van der Waals surface area (Å²) in [4.78, 5) is 12.2. The van der Waals surface area contributed by atoms with Gasteiger partial charge in [-0.3, -0.25) is 4.79 Å². The van der Waals surface area contributed by atoms with Crippen molar-refractivity contribution >= 4 is 5.78 Å². The minimum Gasteiger partial charge on any atom is -0.393 e. The molecule has 3 N–H and O–H groups in total. The first-order chi connectivity index (χ1) is 22.3. The summed E-state index contributed by atoms with van der Waals surface area (Å²) in [5, 5.41) is 31.4. The van der Waals surface area contributed by atoms with E-state index in [1.54, 1.807) is 18.1 Å². The second kappa shape index (κ2) is 13.4. The van der Waals surface area contributed by atoms with Crippen molar-refractivity contribution in [1.29, 1.82) is 0 Å². The van der Waals surface area contributed by atoms with E-state index in [0.29, 0.717) is 51.6 Å². The Balaban J connectivity index is 0.000000187. The van der Waals surface area contributed by atoms with Crippen molar-refractivity contribution in [3.8, 4) is 0 Å². The Labute approximate surface area is 307 Å². The van der Waals surface area contributed by atoms with Crippen LogP contribution in [0.3, 0.4) is 0 Å². The average molecular weight is 695 g/mol. The van der Waals surface area contributed by atoms with E-state index in [1.807, 2.05) is 20.8 Å². The maximum Gasteiger partial charge on any atom is 0.133 e. The third-order valence-electron chi connectivity index (χ3n) is 17.8. The van der Waals surface area contributed by atoms with Crippen LogP contribution in [0, 0.1) is 69.0 Å². The summed E-state index contributed by atoms with van der Waals surface area (Å²) < 4.78 is 0. The van der Waals surface area contributed by atoms with E-state index in [1.165, 1.54) is 44.9 Å². The molecule has 0 amide bonds. The summed E-state index contributed by atoms with van der Waals surface area (Å²) in [5.74, 6) is 5.33. The molecule has 0 aromatic rings. The van der Waals surface area contributed by atoms with Crippen molar-refractivity contribution in [1.82, 2.24) is 0 Å². The van der Waals surface area contributed by atoms with Gasteiger partial charge in [0, 0.05) is 5.92 Å². The number of carbonyl (C=O) groups excluding carboxylic acids is 1. The predicted molar refractivity (Wildman–Crippen MR) is 207 cm³/mol. The Hall–Kier alpha value is -0.970. The largest absolute Gasteiger partial charge is 0.393 e. The molecule has 0 saturated heterocycles. The van der Waals surface area contributed by atoms with Gasteiger partial charge in [-0.15, -0.1) is 0 Å². The number of Topliss-reactive ketones (excluding diaryl/α,β-unsaturated/α-hetero) is 1. The van der Waals surface area contributed by atoms with Gasteiger partial charge >= 0.3 is 0 Å². The SMILES string of the molecule is C.C.CC(=O)[C@H]1CC[C@H]2[C@@H]3CC[C@H]4C[C@](C)(O)CC[C@]4(C)C3=CC[C@]12C.CC(O)[C@H]1CC[C@H]2[C@@H]3CC[C@H]4C[C@](C)(O)CC[C@]4(C)C3=CC[C@]12C. The molecule has 0 heterocycles. The molecule has 0 radical (unpaired) electrons. The molecular weight excluding hydrogens is 617 g/mol. The Kier molecular flexibility index (Phi) is 10.8. The topological polar surface area (TPSA) is 77.8 Å². The van der Waals surface area contributed by atoms with Gasteiger partial charge in [-0.05, 0) is 194 Å². The monoisotopic (exact) mass is 695 g/mol. The van der Waals surface area contributed by atoms with E-state index < -0.39 is 11.2 Å². The van der Waals surface area contributed by atoms with Gasteiger partial charge < -0.3 is 15.3 Å². The fourth-order valence-corrected chi connectivity index (χ4v) is 14.9. The number of hydrogen-bond donors (Lipinski definition) is 3. The lowest BCUT2D eigenvalue weighted by Crippen LogP contribution is -2.51. The fourth-order valence-electron chi connectivity index (χ4n) is 14.9. The van der Waals surface area contributed by atoms with Gasteiger partial charge in [0.25, 0.3) is 0 Å². The zero-order valence-corrected chi connectivity index (χ0v) is 31.9. The molecule has 6 saturated carbocycles. The normalized spacial score (nSPS) is 52.2. The number of ketones is 1. The molecule has 0 aliphatic heterocycles. The summed E-state index contributed by atoms with van der Waals surface area (Å²) in [6, 6.07) is 0. The highest BCUT2D eigenvalue weighted by atomic mass is 16.3. The van der Waals surface area contributed by atoms with Crippen molar-refractivity contribution in [2.24, 2.45) is 69.0 Å². The molecule has 1 unspecified atom stereocenters. The molecule has 0 aromatic carbocycles. The molecule has 50 heavy (non-hydrogen) atoms. The van der Waals surface area contributed by atoms with E-state index in [9.17, 15) is 20.1 Å². The number of fused-ring (bicyclic) bond motifs is 10. The fraction of sp³-hybridized carbons (Fsp3) is 0.891. The van der Waals surface area contributed by atoms with Crippen LogP contribution in [-0.4, -0.2) is 38.4 Å². The van der Waals surface area contributed by atoms with Crippen LogP contribution in [0.2, 0.25) is 0 Å². The van der Waals surface area contributed by atoms with Crippen LogP contribution in [0.4, 0.5) is 0 Å². The quantitative estimate of drug-likeness (QED) is 0.251. The predicted octanol–water partition coefficient (Wildman–Crippen LogP) is 10.9. The van der Waals surface area contributed by atoms with Gasteiger partial charge in [-0.25, -0.2) is 0 Å². The van der Waals surface area contributed by atoms with E-state index in [-0.39, 0.29) is 32.3 Å². The third-order valence-corrected chi connectivity index (χ3v) is 17.8. The lowest BCUT2D eigenvalue weighted by molar-refractivity contribution is -0.125. The highest BCUT2D eigenvalue weighted by Gasteiger charge is 2.60. The molecule has 0 spiro atoms. The molecule has 0 aromatic heterocycles. The molecule has 15 atom stereocenters. The summed E-state index contributed by atoms with van der Waals surface area (Å²) in [6.45, 7) is 17.7. The smallest absolute Gasteiger partial charge is 0.133 e. The maximum absolute atomic E-state index is 12.2. The average Bonchev–Trinajstić information content (AvgIpc) is 3.55. The molecule has 0 bridgehead atoms. The molecule has 8 aliphatic carbocycles. The first kappa shape index (κ1) is 40.2. The first-order valence-corrected chi connectivity index (χ1v) is 20.4. The number of aliphatic hydroxyl groups excluding tert-OH is 1. The first-order valence-electron chi connectivity index (χ1n) is 20.4. The molecule has 4 nitrogen and oxygen atoms in total. The Morgan fingerprint density at radius 2 is 1.10 bits per heavy atom. The third kappa shape index (κ3) is 6.18. The number of carbonyl (C=O) groups is 1. The Morgan fingerprint density at radius 1 is 0.660 bits per heavy atom. The highest BCUT2D eigenvalue weighted by Crippen LogP contribution is 2.68. The van der Waals surface area contributed by atoms with Crippen molar-refractivity contribution < 1.29 is 20.1 Å². The summed E-state index contributed by atoms with van der Waals surface area (Å²) in [6.07, 6.45) is 23.3. The minimum atomic E-state index is -0.464. The number of allylic oxidation sites excluding steroid dienone is 4. The van der Waals surface area contributed by atoms with Crippen molar-refractivity contribution in [2.45, 2.75) is 190 Å². The van der Waals surface area contributed by atoms with E-state index in [2.05, 4.69) is 39.8 Å². The summed E-state index contributed by atoms with van der Waals surface area (Å²) in [7, 11) is 0. The van der Waals surface area contributed by atoms with E-state index in [4.69, 9.17) is 0 Å². The van der Waals surface area contributed by atoms with Gasteiger partial charge in [0.15, 0.2) is 0 Å². The number of rotatable bonds is 2. The van der Waals surface area contributed by atoms with Crippen molar-refractivity contribution in [3.63, 3.8) is 0 Å². The minimum absolute atomic E-state index is 0. The van der Waals surface area contributed by atoms with Crippen LogP contribution in [0.15, 0.2) is 23.3 Å². The van der Waals surface area contributed by atoms with Crippen molar-refractivity contribution in [2.75, 3.05) is 0 Å². The highest BCUT2D eigenvalue weighted by molar-refractivity contribution is 5.79. The van der Waals surface area contributed by atoms with E-state index in [0.717, 1.165) is 69.6 Å². The van der Waals surface area contributed by atoms with Gasteiger partial charge in [0.2, 0.25) is 0 Å². The molecule has 286 valence electrons. The van der Waals surface area contributed by atoms with Crippen LogP contribution in [0.25, 0.3) is 0 Å². The Bertz CT molecular complexity index is 1340. The molecule has 8 rings (SSSR count). The lowest BCUT2D eigenvalue weighted by atomic mass is 9.47. The van der Waals surface area contributed by atoms with Gasteiger partial charge in [-0.1, -0.05) is 65.8 Å². The van der Waals surface area contributed by atoms with Crippen LogP contribution >= 0.6 is 0 Å². The summed E-state index contributed by atoms with van der Waals surface area (Å²) >= 11 is 0. The Morgan fingerprint density at radius 3 is 1.56 bits per heavy atom. The second-order valence-corrected chi connectivity index (χ2v) is 20.6. The van der Waals surface area contributed by atoms with E-state index >= 15 is 0 Å². The van der Waals surface area contributed by atoms with Gasteiger partial charge in [-0.2, -0.15) is 0 Å². The zero-order chi connectivity index (χ0) is 34.7. The number of hydrogen-bond acceptors (Lipinski definition) is 4. The standard InChI is InChI=1S/C22H36O2.C22H34O2.2CH4/c2*1-14(23)17-7-8-18-16-6-5-15-13-20(2,24)11-12-21(15,3)19(16)9-10-22(17,18)4;;/h9,14-18,23-24H,5-8,10-13H2,1-4H3;9,15-18,24H,5-8,10-13H2,1-4H3;2*1H4/t14?,15-,16-,17+,18-,20+,21-,22+;15-,16-,17+,18-,20+,21-,22+;;/m00../s1. The molecular formula is C46H78O4. The maximum atomic E-state index is 12.2.